The Bertz CT molecular complexity index is 318. The summed E-state index contributed by atoms with van der Waals surface area (Å²) in [6.07, 6.45) is 14.1. The van der Waals surface area contributed by atoms with Gasteiger partial charge >= 0.3 is 0 Å². The fraction of sp³-hybridized carbons (Fsp3) is 0.692. The van der Waals surface area contributed by atoms with Crippen molar-refractivity contribution in [1.82, 2.24) is 15.3 Å². The summed E-state index contributed by atoms with van der Waals surface area (Å²) in [7, 11) is 0. The highest BCUT2D eigenvalue weighted by molar-refractivity contribution is 7.98. The van der Waals surface area contributed by atoms with E-state index in [-0.39, 0.29) is 0 Å². The highest BCUT2D eigenvalue weighted by Crippen LogP contribution is 2.17. The van der Waals surface area contributed by atoms with E-state index in [1.807, 2.05) is 18.6 Å². The molecule has 1 aromatic rings. The van der Waals surface area contributed by atoms with E-state index in [0.29, 0.717) is 6.04 Å². The number of thioether (sulfide) groups is 1. The zero-order valence-electron chi connectivity index (χ0n) is 10.5. The predicted molar refractivity (Wildman–Crippen MR) is 72.1 cm³/mol. The van der Waals surface area contributed by atoms with Gasteiger partial charge in [0.15, 0.2) is 5.16 Å². The van der Waals surface area contributed by atoms with Crippen LogP contribution < -0.4 is 5.32 Å². The predicted octanol–water partition coefficient (Wildman–Crippen LogP) is 3.01. The van der Waals surface area contributed by atoms with Crippen molar-refractivity contribution >= 4 is 11.8 Å². The maximum atomic E-state index is 4.29. The second-order valence-corrected chi connectivity index (χ2v) is 5.42. The van der Waals surface area contributed by atoms with Gasteiger partial charge in [0.25, 0.3) is 0 Å². The Hall–Kier alpha value is -0.610. The zero-order valence-corrected chi connectivity index (χ0v) is 11.3. The van der Waals surface area contributed by atoms with Gasteiger partial charge < -0.3 is 5.32 Å². The Kier molecular flexibility index (Phi) is 5.26. The van der Waals surface area contributed by atoms with Crippen LogP contribution in [0.3, 0.4) is 0 Å². The Balaban J connectivity index is 1.79. The van der Waals surface area contributed by atoms with E-state index in [1.54, 1.807) is 11.8 Å². The Morgan fingerprint density at radius 3 is 2.41 bits per heavy atom. The molecule has 4 heteroatoms. The lowest BCUT2D eigenvalue weighted by Gasteiger charge is -2.15. The summed E-state index contributed by atoms with van der Waals surface area (Å²) in [6.45, 7) is 0.902. The smallest absolute Gasteiger partial charge is 0.187 e. The standard InChI is InChI=1S/C13H21N3S/c1-17-13-15-9-11(10-16-13)8-14-12-6-4-2-3-5-7-12/h9-10,12,14H,2-8H2,1H3. The molecule has 94 valence electrons. The minimum Gasteiger partial charge on any atom is -0.310 e. The van der Waals surface area contributed by atoms with Crippen molar-refractivity contribution in [3.05, 3.63) is 18.0 Å². The summed E-state index contributed by atoms with van der Waals surface area (Å²) in [4.78, 5) is 8.58. The van der Waals surface area contributed by atoms with Gasteiger partial charge in [-0.05, 0) is 19.1 Å². The van der Waals surface area contributed by atoms with Gasteiger partial charge in [-0.2, -0.15) is 0 Å². The molecular weight excluding hydrogens is 230 g/mol. The molecule has 17 heavy (non-hydrogen) atoms. The maximum Gasteiger partial charge on any atom is 0.187 e. The fourth-order valence-corrected chi connectivity index (χ4v) is 2.60. The van der Waals surface area contributed by atoms with E-state index >= 15 is 0 Å². The second-order valence-electron chi connectivity index (χ2n) is 4.65. The van der Waals surface area contributed by atoms with Crippen molar-refractivity contribution in [2.45, 2.75) is 56.3 Å². The minimum absolute atomic E-state index is 0.692. The lowest BCUT2D eigenvalue weighted by molar-refractivity contribution is 0.458. The minimum atomic E-state index is 0.692. The van der Waals surface area contributed by atoms with Gasteiger partial charge in [0.2, 0.25) is 0 Å². The van der Waals surface area contributed by atoms with Crippen LogP contribution in [0, 0.1) is 0 Å². The number of hydrogen-bond acceptors (Lipinski definition) is 4. The third-order valence-electron chi connectivity index (χ3n) is 3.31. The molecule has 1 aliphatic carbocycles. The lowest BCUT2D eigenvalue weighted by Crippen LogP contribution is -2.27. The van der Waals surface area contributed by atoms with Gasteiger partial charge in [0, 0.05) is 30.5 Å². The number of nitrogens with zero attached hydrogens (tertiary/aromatic N) is 2. The van der Waals surface area contributed by atoms with Crippen LogP contribution >= 0.6 is 11.8 Å². The van der Waals surface area contributed by atoms with Gasteiger partial charge in [-0.3, -0.25) is 0 Å². The number of aromatic nitrogens is 2. The molecule has 1 aromatic heterocycles. The van der Waals surface area contributed by atoms with E-state index < -0.39 is 0 Å². The van der Waals surface area contributed by atoms with Crippen LogP contribution in [0.2, 0.25) is 0 Å². The average Bonchev–Trinajstić information content (AvgIpc) is 2.65. The molecular formula is C13H21N3S. The molecule has 1 aliphatic rings. The Labute approximate surface area is 108 Å². The highest BCUT2D eigenvalue weighted by Gasteiger charge is 2.11. The normalized spacial score (nSPS) is 17.9. The first-order valence-corrected chi connectivity index (χ1v) is 7.69. The number of nitrogens with one attached hydrogen (secondary N) is 1. The van der Waals surface area contributed by atoms with E-state index in [9.17, 15) is 0 Å². The van der Waals surface area contributed by atoms with Crippen molar-refractivity contribution in [2.75, 3.05) is 6.26 Å². The van der Waals surface area contributed by atoms with E-state index in [1.165, 1.54) is 44.1 Å². The average molecular weight is 251 g/mol. The fourth-order valence-electron chi connectivity index (χ4n) is 2.29. The first kappa shape index (κ1) is 12.8. The first-order valence-electron chi connectivity index (χ1n) is 6.47. The molecule has 1 heterocycles. The molecule has 0 aromatic carbocycles. The molecule has 0 spiro atoms. The van der Waals surface area contributed by atoms with E-state index in [4.69, 9.17) is 0 Å². The summed E-state index contributed by atoms with van der Waals surface area (Å²) < 4.78 is 0. The first-order chi connectivity index (χ1) is 8.38. The topological polar surface area (TPSA) is 37.8 Å². The van der Waals surface area contributed by atoms with Crippen LogP contribution in [-0.4, -0.2) is 22.3 Å². The van der Waals surface area contributed by atoms with Crippen LogP contribution in [-0.2, 0) is 6.54 Å². The largest absolute Gasteiger partial charge is 0.310 e. The molecule has 0 bridgehead atoms. The molecule has 1 fully saturated rings. The van der Waals surface area contributed by atoms with Crippen molar-refractivity contribution in [3.8, 4) is 0 Å². The van der Waals surface area contributed by atoms with Gasteiger partial charge in [0.1, 0.15) is 0 Å². The molecule has 2 rings (SSSR count). The maximum absolute atomic E-state index is 4.29. The van der Waals surface area contributed by atoms with Gasteiger partial charge in [-0.1, -0.05) is 37.4 Å². The molecule has 1 N–H and O–H groups in total. The Morgan fingerprint density at radius 1 is 1.18 bits per heavy atom. The van der Waals surface area contributed by atoms with Crippen molar-refractivity contribution in [1.29, 1.82) is 0 Å². The molecule has 0 aliphatic heterocycles. The molecule has 0 saturated heterocycles. The van der Waals surface area contributed by atoms with E-state index in [2.05, 4.69) is 15.3 Å². The molecule has 0 amide bonds. The van der Waals surface area contributed by atoms with Crippen LogP contribution in [0.4, 0.5) is 0 Å². The molecule has 0 unspecified atom stereocenters. The summed E-state index contributed by atoms with van der Waals surface area (Å²) in [5, 5.41) is 4.48. The summed E-state index contributed by atoms with van der Waals surface area (Å²) >= 11 is 1.58. The van der Waals surface area contributed by atoms with Crippen LogP contribution in [0.1, 0.15) is 44.1 Å². The molecule has 0 radical (unpaired) electrons. The summed E-state index contributed by atoms with van der Waals surface area (Å²) in [5.41, 5.74) is 1.19. The third-order valence-corrected chi connectivity index (χ3v) is 3.89. The van der Waals surface area contributed by atoms with E-state index in [0.717, 1.165) is 11.7 Å². The van der Waals surface area contributed by atoms with Crippen LogP contribution in [0.15, 0.2) is 17.6 Å². The summed E-state index contributed by atoms with van der Waals surface area (Å²) in [6, 6.07) is 0.692. The quantitative estimate of drug-likeness (QED) is 0.507. The van der Waals surface area contributed by atoms with Crippen molar-refractivity contribution in [3.63, 3.8) is 0 Å². The Morgan fingerprint density at radius 2 is 1.82 bits per heavy atom. The van der Waals surface area contributed by atoms with Crippen LogP contribution in [0.5, 0.6) is 0 Å². The molecule has 1 saturated carbocycles. The summed E-state index contributed by atoms with van der Waals surface area (Å²) in [5.74, 6) is 0. The molecule has 3 nitrogen and oxygen atoms in total. The lowest BCUT2D eigenvalue weighted by atomic mass is 10.1. The van der Waals surface area contributed by atoms with Gasteiger partial charge in [-0.25, -0.2) is 9.97 Å². The van der Waals surface area contributed by atoms with Crippen molar-refractivity contribution in [2.24, 2.45) is 0 Å². The number of hydrogen-bond donors (Lipinski definition) is 1. The zero-order chi connectivity index (χ0) is 11.9. The monoisotopic (exact) mass is 251 g/mol. The highest BCUT2D eigenvalue weighted by atomic mass is 32.2. The van der Waals surface area contributed by atoms with Gasteiger partial charge in [0.05, 0.1) is 0 Å². The third kappa shape index (κ3) is 4.28. The molecule has 0 atom stereocenters. The number of rotatable bonds is 4. The van der Waals surface area contributed by atoms with Gasteiger partial charge in [-0.15, -0.1) is 0 Å². The second kappa shape index (κ2) is 6.97. The SMILES string of the molecule is CSc1ncc(CNC2CCCCCC2)cn1. The van der Waals surface area contributed by atoms with Crippen molar-refractivity contribution < 1.29 is 0 Å². The van der Waals surface area contributed by atoms with Crippen LogP contribution in [0.25, 0.3) is 0 Å².